The lowest BCUT2D eigenvalue weighted by atomic mass is 10.1. The van der Waals surface area contributed by atoms with Gasteiger partial charge in [0.05, 0.1) is 12.5 Å². The van der Waals surface area contributed by atoms with E-state index in [9.17, 15) is 33.9 Å². The molecule has 15 heteroatoms. The first-order valence-electron chi connectivity index (χ1n) is 11.7. The Morgan fingerprint density at radius 1 is 0.611 bits per heavy atom. The zero-order valence-electron chi connectivity index (χ0n) is 20.1. The Balaban J connectivity index is 5.48. The van der Waals surface area contributed by atoms with Crippen molar-refractivity contribution in [2.75, 3.05) is 13.1 Å². The van der Waals surface area contributed by atoms with Crippen molar-refractivity contribution < 1.29 is 44.1 Å². The summed E-state index contributed by atoms with van der Waals surface area (Å²) in [7, 11) is 0. The molecule has 0 aromatic heterocycles. The van der Waals surface area contributed by atoms with Crippen molar-refractivity contribution in [3.8, 4) is 0 Å². The monoisotopic (exact) mass is 518 g/mol. The number of aliphatic carboxylic acids is 3. The SMILES string of the molecule is NCCCCC(N)C(=O)NC(CCC(=O)O)C(=O)NC(CC(=O)O)C(=O)NC(CCCCN)C(=O)O. The average molecular weight is 519 g/mol. The van der Waals surface area contributed by atoms with Crippen LogP contribution in [0.25, 0.3) is 0 Å². The van der Waals surface area contributed by atoms with E-state index >= 15 is 0 Å². The zero-order valence-corrected chi connectivity index (χ0v) is 20.1. The van der Waals surface area contributed by atoms with Gasteiger partial charge in [-0.2, -0.15) is 0 Å². The number of nitrogens with one attached hydrogen (secondary N) is 3. The molecule has 4 atom stereocenters. The van der Waals surface area contributed by atoms with Gasteiger partial charge in [0.1, 0.15) is 18.1 Å². The maximum Gasteiger partial charge on any atom is 0.326 e. The molecule has 0 aliphatic rings. The highest BCUT2D eigenvalue weighted by Crippen LogP contribution is 2.06. The van der Waals surface area contributed by atoms with Crippen molar-refractivity contribution >= 4 is 35.6 Å². The van der Waals surface area contributed by atoms with Crippen LogP contribution in [0, 0.1) is 0 Å². The molecular weight excluding hydrogens is 480 g/mol. The van der Waals surface area contributed by atoms with Gasteiger partial charge in [-0.15, -0.1) is 0 Å². The van der Waals surface area contributed by atoms with Crippen molar-refractivity contribution in [1.82, 2.24) is 16.0 Å². The number of hydrogen-bond acceptors (Lipinski definition) is 9. The van der Waals surface area contributed by atoms with E-state index in [4.69, 9.17) is 27.4 Å². The first-order valence-corrected chi connectivity index (χ1v) is 11.7. The van der Waals surface area contributed by atoms with Crippen molar-refractivity contribution in [1.29, 1.82) is 0 Å². The highest BCUT2D eigenvalue weighted by Gasteiger charge is 2.31. The molecule has 0 heterocycles. The van der Waals surface area contributed by atoms with Crippen molar-refractivity contribution in [2.45, 2.75) is 82.0 Å². The van der Waals surface area contributed by atoms with Crippen LogP contribution in [0.3, 0.4) is 0 Å². The second-order valence-corrected chi connectivity index (χ2v) is 8.23. The molecular formula is C21H38N6O9. The average Bonchev–Trinajstić information content (AvgIpc) is 2.79. The summed E-state index contributed by atoms with van der Waals surface area (Å²) < 4.78 is 0. The molecule has 0 aromatic carbocycles. The van der Waals surface area contributed by atoms with Crippen molar-refractivity contribution in [3.63, 3.8) is 0 Å². The summed E-state index contributed by atoms with van der Waals surface area (Å²) in [5.74, 6) is -6.88. The first kappa shape index (κ1) is 32.7. The van der Waals surface area contributed by atoms with E-state index < -0.39 is 72.6 Å². The van der Waals surface area contributed by atoms with Crippen LogP contribution in [0.15, 0.2) is 0 Å². The summed E-state index contributed by atoms with van der Waals surface area (Å²) in [6.45, 7) is 0.721. The summed E-state index contributed by atoms with van der Waals surface area (Å²) >= 11 is 0. The molecule has 15 nitrogen and oxygen atoms in total. The smallest absolute Gasteiger partial charge is 0.326 e. The second-order valence-electron chi connectivity index (χ2n) is 8.23. The van der Waals surface area contributed by atoms with Gasteiger partial charge in [0.25, 0.3) is 0 Å². The predicted octanol–water partition coefficient (Wildman–Crippen LogP) is -2.55. The molecule has 206 valence electrons. The van der Waals surface area contributed by atoms with E-state index in [1.165, 1.54) is 0 Å². The van der Waals surface area contributed by atoms with Crippen LogP contribution in [0.2, 0.25) is 0 Å². The standard InChI is InChI=1S/C21H38N6O9/c22-9-3-1-5-12(24)18(32)25-13(7-8-16(28)29)19(33)27-15(11-17(30)31)20(34)26-14(21(35)36)6-2-4-10-23/h12-15H,1-11,22-24H2,(H,25,32)(H,26,34)(H,27,33)(H,28,29)(H,30,31)(H,35,36). The van der Waals surface area contributed by atoms with E-state index in [1.807, 2.05) is 0 Å². The van der Waals surface area contributed by atoms with E-state index in [1.54, 1.807) is 0 Å². The van der Waals surface area contributed by atoms with Crippen LogP contribution in [0.5, 0.6) is 0 Å². The third-order valence-electron chi connectivity index (χ3n) is 5.16. The highest BCUT2D eigenvalue weighted by atomic mass is 16.4. The molecule has 0 fully saturated rings. The molecule has 0 bridgehead atoms. The largest absolute Gasteiger partial charge is 0.481 e. The van der Waals surface area contributed by atoms with Crippen LogP contribution in [0.4, 0.5) is 0 Å². The van der Waals surface area contributed by atoms with Gasteiger partial charge >= 0.3 is 17.9 Å². The Kier molecular flexibility index (Phi) is 16.4. The maximum absolute atomic E-state index is 12.8. The topological polar surface area (TPSA) is 277 Å². The Labute approximate surface area is 208 Å². The molecule has 0 spiro atoms. The van der Waals surface area contributed by atoms with Gasteiger partial charge in [-0.1, -0.05) is 6.42 Å². The molecule has 0 aliphatic heterocycles. The number of carboxylic acids is 3. The number of carbonyl (C=O) groups is 6. The molecule has 0 radical (unpaired) electrons. The Hall–Kier alpha value is -3.30. The van der Waals surface area contributed by atoms with Gasteiger partial charge in [0.2, 0.25) is 17.7 Å². The fourth-order valence-corrected chi connectivity index (χ4v) is 3.13. The molecule has 0 aromatic rings. The summed E-state index contributed by atoms with van der Waals surface area (Å²) in [4.78, 5) is 71.6. The van der Waals surface area contributed by atoms with Gasteiger partial charge in [-0.25, -0.2) is 4.79 Å². The zero-order chi connectivity index (χ0) is 27.7. The minimum atomic E-state index is -1.69. The van der Waals surface area contributed by atoms with E-state index in [-0.39, 0.29) is 19.3 Å². The van der Waals surface area contributed by atoms with Gasteiger partial charge in [0.15, 0.2) is 0 Å². The molecule has 3 amide bonds. The summed E-state index contributed by atoms with van der Waals surface area (Å²) in [5.41, 5.74) is 16.6. The van der Waals surface area contributed by atoms with E-state index in [0.29, 0.717) is 38.8 Å². The Morgan fingerprint density at radius 2 is 1.11 bits per heavy atom. The molecule has 0 saturated heterocycles. The Morgan fingerprint density at radius 3 is 1.61 bits per heavy atom. The number of hydrogen-bond donors (Lipinski definition) is 9. The molecule has 0 aliphatic carbocycles. The first-order chi connectivity index (χ1) is 16.9. The lowest BCUT2D eigenvalue weighted by molar-refractivity contribution is -0.143. The van der Waals surface area contributed by atoms with Crippen molar-refractivity contribution in [3.05, 3.63) is 0 Å². The van der Waals surface area contributed by atoms with Gasteiger partial charge in [0, 0.05) is 6.42 Å². The third-order valence-corrected chi connectivity index (χ3v) is 5.16. The molecule has 12 N–H and O–H groups in total. The van der Waals surface area contributed by atoms with Crippen LogP contribution in [-0.2, 0) is 28.8 Å². The quantitative estimate of drug-likeness (QED) is 0.0753. The number of unbranched alkanes of at least 4 members (excludes halogenated alkanes) is 2. The maximum atomic E-state index is 12.8. The van der Waals surface area contributed by atoms with Gasteiger partial charge < -0.3 is 48.5 Å². The second kappa shape index (κ2) is 18.0. The minimum absolute atomic E-state index is 0.0331. The predicted molar refractivity (Wildman–Crippen MR) is 126 cm³/mol. The highest BCUT2D eigenvalue weighted by molar-refractivity contribution is 5.95. The molecule has 36 heavy (non-hydrogen) atoms. The van der Waals surface area contributed by atoms with Gasteiger partial charge in [-0.05, 0) is 51.6 Å². The number of carbonyl (C=O) groups excluding carboxylic acids is 3. The minimum Gasteiger partial charge on any atom is -0.481 e. The number of amides is 3. The summed E-state index contributed by atoms with van der Waals surface area (Å²) in [6.07, 6.45) is 0.608. The summed E-state index contributed by atoms with van der Waals surface area (Å²) in [5, 5.41) is 34.2. The molecule has 0 rings (SSSR count). The molecule has 4 unspecified atom stereocenters. The lowest BCUT2D eigenvalue weighted by Gasteiger charge is -2.24. The third kappa shape index (κ3) is 14.2. The number of rotatable bonds is 20. The molecule has 0 saturated carbocycles. The number of nitrogens with two attached hydrogens (primary N) is 3. The van der Waals surface area contributed by atoms with Gasteiger partial charge in [-0.3, -0.25) is 24.0 Å². The van der Waals surface area contributed by atoms with E-state index in [0.717, 1.165) is 0 Å². The van der Waals surface area contributed by atoms with Crippen LogP contribution in [-0.4, -0.2) is 88.2 Å². The van der Waals surface area contributed by atoms with Crippen LogP contribution in [0.1, 0.15) is 57.8 Å². The fraction of sp³-hybridized carbons (Fsp3) is 0.714. The normalized spacial score (nSPS) is 14.1. The van der Waals surface area contributed by atoms with Crippen LogP contribution >= 0.6 is 0 Å². The van der Waals surface area contributed by atoms with Crippen molar-refractivity contribution in [2.24, 2.45) is 17.2 Å². The number of carboxylic acid groups (broad SMARTS) is 3. The summed E-state index contributed by atoms with van der Waals surface area (Å²) in [6, 6.07) is -5.46. The Bertz CT molecular complexity index is 764. The lowest BCUT2D eigenvalue weighted by Crippen LogP contribution is -2.57. The van der Waals surface area contributed by atoms with Crippen LogP contribution < -0.4 is 33.2 Å². The van der Waals surface area contributed by atoms with E-state index in [2.05, 4.69) is 16.0 Å². The fourth-order valence-electron chi connectivity index (χ4n) is 3.13.